The van der Waals surface area contributed by atoms with Crippen molar-refractivity contribution in [1.29, 1.82) is 0 Å². The van der Waals surface area contributed by atoms with Crippen LogP contribution < -0.4 is 10.6 Å². The summed E-state index contributed by atoms with van der Waals surface area (Å²) in [5.41, 5.74) is 5.19. The molecule has 10 heteroatoms. The van der Waals surface area contributed by atoms with Crippen LogP contribution in [0.3, 0.4) is 0 Å². The van der Waals surface area contributed by atoms with Crippen LogP contribution in [0.25, 0.3) is 17.3 Å². The lowest BCUT2D eigenvalue weighted by molar-refractivity contribution is -0.109. The van der Waals surface area contributed by atoms with Crippen LogP contribution in [-0.4, -0.2) is 53.3 Å². The van der Waals surface area contributed by atoms with E-state index >= 15 is 0 Å². The van der Waals surface area contributed by atoms with E-state index in [-0.39, 0.29) is 0 Å². The fourth-order valence-electron chi connectivity index (χ4n) is 4.64. The molecule has 2 aliphatic heterocycles. The van der Waals surface area contributed by atoms with Crippen molar-refractivity contribution < 1.29 is 13.2 Å². The molecule has 1 unspecified atom stereocenters. The van der Waals surface area contributed by atoms with Gasteiger partial charge in [0, 0.05) is 42.3 Å². The summed E-state index contributed by atoms with van der Waals surface area (Å²) in [6, 6.07) is 9.54. The second-order valence-electron chi connectivity index (χ2n) is 8.78. The maximum Gasteiger partial charge on any atom is 0.211 e. The minimum Gasteiger partial charge on any atom is -0.378 e. The average molecular weight is 491 g/mol. The molecule has 1 fully saturated rings. The first-order chi connectivity index (χ1) is 16.9. The van der Waals surface area contributed by atoms with Gasteiger partial charge >= 0.3 is 0 Å². The SMILES string of the molecule is CS(=O)(=O)N1CCC(c2ccc(Nc3nc(-c4cncnc4)cc4c3C(C=O)NC=C4)cc2)CC1. The fourth-order valence-corrected chi connectivity index (χ4v) is 5.52. The summed E-state index contributed by atoms with van der Waals surface area (Å²) in [6.07, 6.45) is 12.3. The lowest BCUT2D eigenvalue weighted by atomic mass is 9.90. The van der Waals surface area contributed by atoms with E-state index < -0.39 is 16.1 Å². The zero-order valence-corrected chi connectivity index (χ0v) is 20.1. The van der Waals surface area contributed by atoms with Gasteiger partial charge in [0.05, 0.1) is 11.9 Å². The standard InChI is InChI=1S/C25H26N6O3S/c1-35(33,34)31-10-7-18(8-11-31)17-2-4-21(5-3-17)29-25-24-19(6-9-28-23(24)15-32)12-22(30-25)20-13-26-16-27-14-20/h2-6,9,12-16,18,23,28H,7-8,10-11H2,1H3,(H,29,30). The monoisotopic (exact) mass is 490 g/mol. The number of aldehydes is 1. The van der Waals surface area contributed by atoms with Gasteiger partial charge in [0.1, 0.15) is 24.5 Å². The van der Waals surface area contributed by atoms with Crippen molar-refractivity contribution >= 4 is 33.9 Å². The lowest BCUT2D eigenvalue weighted by Gasteiger charge is -2.30. The average Bonchev–Trinajstić information content (AvgIpc) is 2.88. The first-order valence-electron chi connectivity index (χ1n) is 11.4. The number of sulfonamides is 1. The second kappa shape index (κ2) is 9.55. The van der Waals surface area contributed by atoms with Gasteiger partial charge < -0.3 is 15.4 Å². The Bertz CT molecular complexity index is 1350. The van der Waals surface area contributed by atoms with E-state index in [0.717, 1.165) is 41.5 Å². The maximum atomic E-state index is 11.8. The molecule has 2 aliphatic rings. The number of hydrogen-bond donors (Lipinski definition) is 2. The first kappa shape index (κ1) is 23.1. The maximum absolute atomic E-state index is 11.8. The molecule has 0 radical (unpaired) electrons. The van der Waals surface area contributed by atoms with Crippen molar-refractivity contribution in [3.63, 3.8) is 0 Å². The van der Waals surface area contributed by atoms with Gasteiger partial charge in [-0.15, -0.1) is 0 Å². The molecule has 1 saturated heterocycles. The highest BCUT2D eigenvalue weighted by molar-refractivity contribution is 7.88. The van der Waals surface area contributed by atoms with Crippen molar-refractivity contribution in [3.8, 4) is 11.3 Å². The van der Waals surface area contributed by atoms with Gasteiger partial charge in [0.15, 0.2) is 0 Å². The Balaban J connectivity index is 1.41. The molecule has 0 spiro atoms. The summed E-state index contributed by atoms with van der Waals surface area (Å²) in [7, 11) is -3.14. The van der Waals surface area contributed by atoms with Gasteiger partial charge in [-0.05, 0) is 60.4 Å². The van der Waals surface area contributed by atoms with Gasteiger partial charge in [0.2, 0.25) is 10.0 Å². The minimum absolute atomic E-state index is 0.322. The van der Waals surface area contributed by atoms with E-state index in [0.29, 0.717) is 30.5 Å². The molecule has 180 valence electrons. The van der Waals surface area contributed by atoms with Crippen LogP contribution >= 0.6 is 0 Å². The molecule has 4 heterocycles. The van der Waals surface area contributed by atoms with Gasteiger partial charge in [-0.2, -0.15) is 0 Å². The quantitative estimate of drug-likeness (QED) is 0.506. The van der Waals surface area contributed by atoms with Gasteiger partial charge in [0.25, 0.3) is 0 Å². The highest BCUT2D eigenvalue weighted by atomic mass is 32.2. The Labute approximate surface area is 204 Å². The van der Waals surface area contributed by atoms with E-state index in [2.05, 4.69) is 32.7 Å². The minimum atomic E-state index is -3.14. The number of rotatable bonds is 6. The number of anilines is 2. The molecule has 0 aliphatic carbocycles. The topological polar surface area (TPSA) is 117 Å². The number of aromatic nitrogens is 3. The van der Waals surface area contributed by atoms with E-state index in [1.54, 1.807) is 22.9 Å². The number of carbonyl (C=O) groups excluding carboxylic acids is 1. The Morgan fingerprint density at radius 3 is 2.49 bits per heavy atom. The van der Waals surface area contributed by atoms with E-state index in [9.17, 15) is 13.2 Å². The molecule has 2 N–H and O–H groups in total. The molecule has 1 atom stereocenters. The number of pyridine rings is 1. The molecular formula is C25H26N6O3S. The zero-order valence-electron chi connectivity index (χ0n) is 19.3. The van der Waals surface area contributed by atoms with Crippen LogP contribution in [0.2, 0.25) is 0 Å². The van der Waals surface area contributed by atoms with Crippen molar-refractivity contribution in [2.45, 2.75) is 24.8 Å². The van der Waals surface area contributed by atoms with Gasteiger partial charge in [-0.3, -0.25) is 0 Å². The fraction of sp³-hybridized carbons (Fsp3) is 0.280. The molecule has 0 amide bonds. The number of piperidine rings is 1. The number of carbonyl (C=O) groups is 1. The van der Waals surface area contributed by atoms with Crippen LogP contribution in [0.1, 0.15) is 41.5 Å². The predicted octanol–water partition coefficient (Wildman–Crippen LogP) is 3.24. The second-order valence-corrected chi connectivity index (χ2v) is 10.8. The van der Waals surface area contributed by atoms with Gasteiger partial charge in [-0.1, -0.05) is 12.1 Å². The number of fused-ring (bicyclic) bond motifs is 1. The Morgan fingerprint density at radius 1 is 1.11 bits per heavy atom. The van der Waals surface area contributed by atoms with Crippen molar-refractivity contribution in [2.75, 3.05) is 24.7 Å². The molecule has 1 aromatic carbocycles. The van der Waals surface area contributed by atoms with Crippen LogP contribution in [-0.2, 0) is 14.8 Å². The van der Waals surface area contributed by atoms with Crippen molar-refractivity contribution in [1.82, 2.24) is 24.6 Å². The smallest absolute Gasteiger partial charge is 0.211 e. The van der Waals surface area contributed by atoms with Crippen LogP contribution in [0.4, 0.5) is 11.5 Å². The number of nitrogens with zero attached hydrogens (tertiary/aromatic N) is 4. The van der Waals surface area contributed by atoms with E-state index in [1.807, 2.05) is 24.3 Å². The third kappa shape index (κ3) is 4.94. The Morgan fingerprint density at radius 2 is 1.83 bits per heavy atom. The van der Waals surface area contributed by atoms with Crippen LogP contribution in [0, 0.1) is 0 Å². The largest absolute Gasteiger partial charge is 0.378 e. The Hall–Kier alpha value is -3.63. The first-order valence-corrected chi connectivity index (χ1v) is 13.3. The zero-order chi connectivity index (χ0) is 24.4. The summed E-state index contributed by atoms with van der Waals surface area (Å²) in [4.78, 5) is 24.8. The van der Waals surface area contributed by atoms with Crippen molar-refractivity contribution in [2.24, 2.45) is 0 Å². The molecule has 3 aromatic rings. The van der Waals surface area contributed by atoms with Crippen LogP contribution in [0.15, 0.2) is 55.3 Å². The highest BCUT2D eigenvalue weighted by Crippen LogP contribution is 2.35. The summed E-state index contributed by atoms with van der Waals surface area (Å²) in [5, 5.41) is 6.47. The summed E-state index contributed by atoms with van der Waals surface area (Å²) in [5.74, 6) is 0.910. The summed E-state index contributed by atoms with van der Waals surface area (Å²) in [6.45, 7) is 1.09. The lowest BCUT2D eigenvalue weighted by Crippen LogP contribution is -2.37. The molecule has 0 bridgehead atoms. The third-order valence-corrected chi connectivity index (χ3v) is 7.80. The molecular weight excluding hydrogens is 464 g/mol. The molecule has 5 rings (SSSR count). The molecule has 2 aromatic heterocycles. The number of benzene rings is 1. The van der Waals surface area contributed by atoms with Crippen LogP contribution in [0.5, 0.6) is 0 Å². The van der Waals surface area contributed by atoms with Gasteiger partial charge in [-0.25, -0.2) is 27.7 Å². The van der Waals surface area contributed by atoms with Crippen molar-refractivity contribution in [3.05, 3.63) is 71.9 Å². The van der Waals surface area contributed by atoms with E-state index in [4.69, 9.17) is 4.98 Å². The predicted molar refractivity (Wildman–Crippen MR) is 134 cm³/mol. The molecule has 35 heavy (non-hydrogen) atoms. The normalized spacial score (nSPS) is 18.5. The molecule has 9 nitrogen and oxygen atoms in total. The summed E-state index contributed by atoms with van der Waals surface area (Å²) >= 11 is 0. The highest BCUT2D eigenvalue weighted by Gasteiger charge is 2.26. The number of nitrogens with one attached hydrogen (secondary N) is 2. The van der Waals surface area contributed by atoms with E-state index in [1.165, 1.54) is 18.1 Å². The Kier molecular flexibility index (Phi) is 6.31. The number of hydrogen-bond acceptors (Lipinski definition) is 8. The summed E-state index contributed by atoms with van der Waals surface area (Å²) < 4.78 is 25.1. The molecule has 0 saturated carbocycles. The third-order valence-electron chi connectivity index (χ3n) is 6.50.